The Balaban J connectivity index is 0.00000320. The largest absolute Gasteiger partial charge is 0.493 e. The molecule has 0 spiro atoms. The van der Waals surface area contributed by atoms with E-state index in [9.17, 15) is 5.11 Å². The molecule has 170 valence electrons. The van der Waals surface area contributed by atoms with Gasteiger partial charge in [-0.25, -0.2) is 0 Å². The molecule has 3 rings (SSSR count). The van der Waals surface area contributed by atoms with Crippen LogP contribution in [0.3, 0.4) is 0 Å². The first-order chi connectivity index (χ1) is 14.0. The first-order valence-corrected chi connectivity index (χ1v) is 11.2. The van der Waals surface area contributed by atoms with E-state index < -0.39 is 5.60 Å². The lowest BCUT2D eigenvalue weighted by Gasteiger charge is -2.35. The van der Waals surface area contributed by atoms with Crippen LogP contribution < -0.4 is 10.1 Å². The normalized spacial score (nSPS) is 19.9. The summed E-state index contributed by atoms with van der Waals surface area (Å²) in [5.74, 6) is 2.07. The number of rotatable bonds is 6. The van der Waals surface area contributed by atoms with Crippen LogP contribution in [0.5, 0.6) is 5.75 Å². The maximum Gasteiger partial charge on any atom is 0.194 e. The molecule has 2 fully saturated rings. The van der Waals surface area contributed by atoms with Crippen LogP contribution >= 0.6 is 47.2 Å². The van der Waals surface area contributed by atoms with Crippen molar-refractivity contribution in [2.24, 2.45) is 10.9 Å². The zero-order chi connectivity index (χ0) is 20.7. The molecular weight excluding hydrogens is 540 g/mol. The van der Waals surface area contributed by atoms with Gasteiger partial charge in [-0.3, -0.25) is 4.99 Å². The van der Waals surface area contributed by atoms with Crippen molar-refractivity contribution in [1.82, 2.24) is 10.2 Å². The van der Waals surface area contributed by atoms with Crippen LogP contribution in [0.25, 0.3) is 0 Å². The topological polar surface area (TPSA) is 66.3 Å². The number of piperidine rings is 1. The van der Waals surface area contributed by atoms with Gasteiger partial charge in [0.25, 0.3) is 0 Å². The number of hydrogen-bond acceptors (Lipinski definition) is 4. The quantitative estimate of drug-likeness (QED) is 0.304. The second kappa shape index (κ2) is 12.5. The molecule has 9 heteroatoms. The fourth-order valence-corrected chi connectivity index (χ4v) is 4.20. The maximum absolute atomic E-state index is 10.7. The molecule has 0 aliphatic carbocycles. The molecule has 1 aromatic carbocycles. The van der Waals surface area contributed by atoms with E-state index in [1.165, 1.54) is 0 Å². The average molecular weight is 572 g/mol. The molecule has 2 heterocycles. The Morgan fingerprint density at radius 3 is 2.47 bits per heavy atom. The molecule has 0 amide bonds. The molecule has 0 atom stereocenters. The molecule has 2 aliphatic rings. The number of aliphatic imine (C=N–C) groups is 1. The molecular formula is C21H32Cl2IN3O3. The summed E-state index contributed by atoms with van der Waals surface area (Å²) in [6.07, 6.45) is 3.33. The molecule has 0 bridgehead atoms. The van der Waals surface area contributed by atoms with Crippen LogP contribution in [0.2, 0.25) is 10.0 Å². The summed E-state index contributed by atoms with van der Waals surface area (Å²) in [4.78, 5) is 7.01. The Bertz CT molecular complexity index is 674. The highest BCUT2D eigenvalue weighted by Crippen LogP contribution is 2.26. The van der Waals surface area contributed by atoms with E-state index in [2.05, 4.69) is 17.1 Å². The highest BCUT2D eigenvalue weighted by molar-refractivity contribution is 14.0. The number of guanidine groups is 1. The van der Waals surface area contributed by atoms with Crippen molar-refractivity contribution in [2.75, 3.05) is 46.0 Å². The summed E-state index contributed by atoms with van der Waals surface area (Å²) >= 11 is 12.1. The Hall–Kier alpha value is -0.480. The lowest BCUT2D eigenvalue weighted by molar-refractivity contribution is -0.0567. The molecule has 0 aromatic heterocycles. The predicted octanol–water partition coefficient (Wildman–Crippen LogP) is 4.21. The smallest absolute Gasteiger partial charge is 0.194 e. The van der Waals surface area contributed by atoms with Crippen LogP contribution in [-0.4, -0.2) is 67.6 Å². The van der Waals surface area contributed by atoms with Gasteiger partial charge in [-0.1, -0.05) is 23.2 Å². The number of nitrogens with one attached hydrogen (secondary N) is 1. The van der Waals surface area contributed by atoms with E-state index in [-0.39, 0.29) is 24.0 Å². The molecule has 1 aromatic rings. The minimum atomic E-state index is -0.747. The Kier molecular flexibility index (Phi) is 10.8. The van der Waals surface area contributed by atoms with Gasteiger partial charge in [0.2, 0.25) is 0 Å². The van der Waals surface area contributed by atoms with Crippen LogP contribution in [-0.2, 0) is 4.74 Å². The summed E-state index contributed by atoms with van der Waals surface area (Å²) in [7, 11) is 0. The highest BCUT2D eigenvalue weighted by Gasteiger charge is 2.30. The monoisotopic (exact) mass is 571 g/mol. The second-order valence-corrected chi connectivity index (χ2v) is 8.73. The number of aliphatic hydroxyl groups is 1. The SMILES string of the molecule is CCNC(=NCC1(O)CCOCC1)N1CCC(COc2cc(Cl)cc(Cl)c2)CC1.I. The molecule has 0 unspecified atom stereocenters. The highest BCUT2D eigenvalue weighted by atomic mass is 127. The van der Waals surface area contributed by atoms with Crippen molar-refractivity contribution in [1.29, 1.82) is 0 Å². The van der Waals surface area contributed by atoms with E-state index in [0.717, 1.165) is 38.4 Å². The zero-order valence-electron chi connectivity index (χ0n) is 17.4. The molecule has 2 aliphatic heterocycles. The molecule has 2 N–H and O–H groups in total. The summed E-state index contributed by atoms with van der Waals surface area (Å²) in [6.45, 7) is 6.97. The van der Waals surface area contributed by atoms with Gasteiger partial charge in [0.05, 0.1) is 18.8 Å². The summed E-state index contributed by atoms with van der Waals surface area (Å²) < 4.78 is 11.3. The maximum atomic E-state index is 10.7. The lowest BCUT2D eigenvalue weighted by atomic mass is 9.95. The standard InChI is InChI=1S/C21H31Cl2N3O3.HI/c1-2-24-20(25-15-21(27)5-9-28-10-6-21)26-7-3-16(4-8-26)14-29-19-12-17(22)11-18(23)13-19;/h11-13,16,27H,2-10,14-15H2,1H3,(H,24,25);1H. The van der Waals surface area contributed by atoms with Gasteiger partial charge in [-0.2, -0.15) is 0 Å². The van der Waals surface area contributed by atoms with Crippen molar-refractivity contribution in [2.45, 2.75) is 38.2 Å². The van der Waals surface area contributed by atoms with E-state index in [1.54, 1.807) is 18.2 Å². The molecule has 2 saturated heterocycles. The third-order valence-electron chi connectivity index (χ3n) is 5.52. The number of nitrogens with zero attached hydrogens (tertiary/aromatic N) is 2. The summed E-state index contributed by atoms with van der Waals surface area (Å²) in [5.41, 5.74) is -0.747. The number of likely N-dealkylation sites (tertiary alicyclic amines) is 1. The van der Waals surface area contributed by atoms with Crippen LogP contribution in [0.4, 0.5) is 0 Å². The van der Waals surface area contributed by atoms with Crippen molar-refractivity contribution in [3.8, 4) is 5.75 Å². The Morgan fingerprint density at radius 2 is 1.87 bits per heavy atom. The molecule has 6 nitrogen and oxygen atoms in total. The number of halogens is 3. The summed E-state index contributed by atoms with van der Waals surface area (Å²) in [5, 5.41) is 15.2. The van der Waals surface area contributed by atoms with Crippen molar-refractivity contribution < 1.29 is 14.6 Å². The van der Waals surface area contributed by atoms with Crippen molar-refractivity contribution >= 4 is 53.1 Å². The van der Waals surface area contributed by atoms with E-state index >= 15 is 0 Å². The first-order valence-electron chi connectivity index (χ1n) is 10.4. The minimum absolute atomic E-state index is 0. The number of hydrogen-bond donors (Lipinski definition) is 2. The molecule has 30 heavy (non-hydrogen) atoms. The van der Waals surface area contributed by atoms with Crippen molar-refractivity contribution in [3.63, 3.8) is 0 Å². The van der Waals surface area contributed by atoms with Crippen LogP contribution in [0.15, 0.2) is 23.2 Å². The fraction of sp³-hybridized carbons (Fsp3) is 0.667. The number of benzene rings is 1. The van der Waals surface area contributed by atoms with Gasteiger partial charge >= 0.3 is 0 Å². The fourth-order valence-electron chi connectivity index (χ4n) is 3.69. The third-order valence-corrected chi connectivity index (χ3v) is 5.95. The van der Waals surface area contributed by atoms with Gasteiger partial charge < -0.3 is 24.8 Å². The van der Waals surface area contributed by atoms with Crippen LogP contribution in [0.1, 0.15) is 32.6 Å². The van der Waals surface area contributed by atoms with E-state index in [1.807, 2.05) is 0 Å². The molecule has 0 radical (unpaired) electrons. The predicted molar refractivity (Wildman–Crippen MR) is 133 cm³/mol. The van der Waals surface area contributed by atoms with Crippen LogP contribution in [0, 0.1) is 5.92 Å². The van der Waals surface area contributed by atoms with Gasteiger partial charge in [0, 0.05) is 55.7 Å². The van der Waals surface area contributed by atoms with Gasteiger partial charge in [0.15, 0.2) is 5.96 Å². The minimum Gasteiger partial charge on any atom is -0.493 e. The zero-order valence-corrected chi connectivity index (χ0v) is 21.3. The third kappa shape index (κ3) is 7.89. The van der Waals surface area contributed by atoms with E-state index in [0.29, 0.717) is 60.9 Å². The van der Waals surface area contributed by atoms with Gasteiger partial charge in [-0.05, 0) is 43.9 Å². The van der Waals surface area contributed by atoms with Gasteiger partial charge in [-0.15, -0.1) is 24.0 Å². The van der Waals surface area contributed by atoms with Crippen molar-refractivity contribution in [3.05, 3.63) is 28.2 Å². The molecule has 0 saturated carbocycles. The average Bonchev–Trinajstić information content (AvgIpc) is 2.70. The van der Waals surface area contributed by atoms with Gasteiger partial charge in [0.1, 0.15) is 5.75 Å². The lowest BCUT2D eigenvalue weighted by Crippen LogP contribution is -2.47. The summed E-state index contributed by atoms with van der Waals surface area (Å²) in [6, 6.07) is 5.28. The Morgan fingerprint density at radius 1 is 1.23 bits per heavy atom. The second-order valence-electron chi connectivity index (χ2n) is 7.85. The number of ether oxygens (including phenoxy) is 2. The first kappa shape index (κ1) is 25.8. The van der Waals surface area contributed by atoms with E-state index in [4.69, 9.17) is 37.7 Å². The Labute approximate surface area is 206 Å².